The van der Waals surface area contributed by atoms with Crippen LogP contribution in [0.1, 0.15) is 37.7 Å². The van der Waals surface area contributed by atoms with E-state index in [1.54, 1.807) is 18.5 Å². The molecule has 1 heterocycles. The van der Waals surface area contributed by atoms with Gasteiger partial charge >= 0.3 is 0 Å². The number of rotatable bonds is 6. The zero-order chi connectivity index (χ0) is 13.7. The summed E-state index contributed by atoms with van der Waals surface area (Å²) < 4.78 is 14.8. The summed E-state index contributed by atoms with van der Waals surface area (Å²) in [4.78, 5) is 4.24. The van der Waals surface area contributed by atoms with Crippen LogP contribution in [0.3, 0.4) is 0 Å². The zero-order valence-electron chi connectivity index (χ0n) is 11.3. The lowest BCUT2D eigenvalue weighted by atomic mass is 10.1. The maximum Gasteiger partial charge on any atom is 0.140 e. The third-order valence-electron chi connectivity index (χ3n) is 3.07. The Morgan fingerprint density at radius 3 is 2.74 bits per heavy atom. The fourth-order valence-corrected chi connectivity index (χ4v) is 1.94. The minimum absolute atomic E-state index is 0.146. The highest BCUT2D eigenvalue weighted by Gasteiger charge is 2.08. The van der Waals surface area contributed by atoms with Gasteiger partial charge in [-0.15, -0.1) is 0 Å². The molecule has 2 rings (SSSR count). The Kier molecular flexibility index (Phi) is 4.63. The number of benzene rings is 1. The Balaban J connectivity index is 1.94. The lowest BCUT2D eigenvalue weighted by Gasteiger charge is -2.14. The Morgan fingerprint density at radius 1 is 1.32 bits per heavy atom. The van der Waals surface area contributed by atoms with Crippen molar-refractivity contribution in [3.8, 4) is 0 Å². The first-order chi connectivity index (χ1) is 9.20. The second-order valence-corrected chi connectivity index (χ2v) is 4.55. The van der Waals surface area contributed by atoms with Gasteiger partial charge in [0.15, 0.2) is 0 Å². The van der Waals surface area contributed by atoms with Gasteiger partial charge in [-0.25, -0.2) is 14.1 Å². The molecule has 0 radical (unpaired) electrons. The lowest BCUT2D eigenvalue weighted by molar-refractivity contribution is 0.509. The van der Waals surface area contributed by atoms with Gasteiger partial charge in [0.2, 0.25) is 0 Å². The highest BCUT2D eigenvalue weighted by Crippen LogP contribution is 2.13. The fraction of sp³-hybridized carbons (Fsp3) is 0.429. The summed E-state index contributed by atoms with van der Waals surface area (Å²) in [5, 5.41) is 7.56. The SMILES string of the molecule is CCCn1ncnc1CN[C@@H](C)c1ccc(F)cc1. The normalized spacial score (nSPS) is 12.6. The van der Waals surface area contributed by atoms with Crippen LogP contribution < -0.4 is 5.32 Å². The number of aromatic nitrogens is 3. The predicted molar refractivity (Wildman–Crippen MR) is 72.0 cm³/mol. The molecule has 0 aliphatic heterocycles. The molecule has 1 aromatic carbocycles. The van der Waals surface area contributed by atoms with Gasteiger partial charge in [-0.3, -0.25) is 0 Å². The van der Waals surface area contributed by atoms with Gasteiger partial charge in [-0.2, -0.15) is 5.10 Å². The van der Waals surface area contributed by atoms with Crippen LogP contribution in [0.5, 0.6) is 0 Å². The molecule has 0 unspecified atom stereocenters. The third-order valence-corrected chi connectivity index (χ3v) is 3.07. The molecule has 5 heteroatoms. The summed E-state index contributed by atoms with van der Waals surface area (Å²) in [5.41, 5.74) is 1.06. The molecule has 1 aromatic heterocycles. The molecule has 0 aliphatic rings. The molecule has 0 saturated heterocycles. The van der Waals surface area contributed by atoms with Gasteiger partial charge in [0.1, 0.15) is 18.0 Å². The van der Waals surface area contributed by atoms with Gasteiger partial charge in [0, 0.05) is 12.6 Å². The number of hydrogen-bond donors (Lipinski definition) is 1. The summed E-state index contributed by atoms with van der Waals surface area (Å²) >= 11 is 0. The molecule has 0 bridgehead atoms. The molecule has 0 saturated carbocycles. The minimum Gasteiger partial charge on any atom is -0.303 e. The molecule has 4 nitrogen and oxygen atoms in total. The topological polar surface area (TPSA) is 42.7 Å². The molecule has 19 heavy (non-hydrogen) atoms. The number of nitrogens with one attached hydrogen (secondary N) is 1. The van der Waals surface area contributed by atoms with E-state index in [9.17, 15) is 4.39 Å². The van der Waals surface area contributed by atoms with Gasteiger partial charge < -0.3 is 5.32 Å². The average Bonchev–Trinajstić information content (AvgIpc) is 2.85. The lowest BCUT2D eigenvalue weighted by Crippen LogP contribution is -2.21. The summed E-state index contributed by atoms with van der Waals surface area (Å²) in [6.07, 6.45) is 2.61. The van der Waals surface area contributed by atoms with Crippen LogP contribution in [-0.2, 0) is 13.1 Å². The minimum atomic E-state index is -0.210. The second-order valence-electron chi connectivity index (χ2n) is 4.55. The Morgan fingerprint density at radius 2 is 2.05 bits per heavy atom. The van der Waals surface area contributed by atoms with Gasteiger partial charge in [-0.1, -0.05) is 19.1 Å². The van der Waals surface area contributed by atoms with Crippen molar-refractivity contribution >= 4 is 0 Å². The first-order valence-corrected chi connectivity index (χ1v) is 6.56. The largest absolute Gasteiger partial charge is 0.303 e. The maximum atomic E-state index is 12.9. The molecule has 102 valence electrons. The fourth-order valence-electron chi connectivity index (χ4n) is 1.94. The molecule has 1 atom stereocenters. The van der Waals surface area contributed by atoms with Crippen molar-refractivity contribution in [2.24, 2.45) is 0 Å². The highest BCUT2D eigenvalue weighted by atomic mass is 19.1. The van der Waals surface area contributed by atoms with Crippen LogP contribution in [0.15, 0.2) is 30.6 Å². The van der Waals surface area contributed by atoms with Crippen LogP contribution >= 0.6 is 0 Å². The van der Waals surface area contributed by atoms with Crippen LogP contribution in [0, 0.1) is 5.82 Å². The van der Waals surface area contributed by atoms with Crippen LogP contribution in [0.25, 0.3) is 0 Å². The smallest absolute Gasteiger partial charge is 0.140 e. The zero-order valence-corrected chi connectivity index (χ0v) is 11.3. The van der Waals surface area contributed by atoms with Gasteiger partial charge in [0.25, 0.3) is 0 Å². The van der Waals surface area contributed by atoms with Crippen molar-refractivity contribution < 1.29 is 4.39 Å². The number of hydrogen-bond acceptors (Lipinski definition) is 3. The number of halogens is 1. The third kappa shape index (κ3) is 3.61. The number of nitrogens with zero attached hydrogens (tertiary/aromatic N) is 3. The van der Waals surface area contributed by atoms with Gasteiger partial charge in [0.05, 0.1) is 6.54 Å². The van der Waals surface area contributed by atoms with E-state index >= 15 is 0 Å². The van der Waals surface area contributed by atoms with Crippen molar-refractivity contribution in [1.82, 2.24) is 20.1 Å². The molecule has 0 fully saturated rings. The van der Waals surface area contributed by atoms with E-state index < -0.39 is 0 Å². The molecule has 0 amide bonds. The van der Waals surface area contributed by atoms with Crippen molar-refractivity contribution in [2.45, 2.75) is 39.4 Å². The number of aryl methyl sites for hydroxylation is 1. The predicted octanol–water partition coefficient (Wildman–Crippen LogP) is 2.68. The first kappa shape index (κ1) is 13.7. The summed E-state index contributed by atoms with van der Waals surface area (Å²) in [7, 11) is 0. The summed E-state index contributed by atoms with van der Waals surface area (Å²) in [5.74, 6) is 0.717. The quantitative estimate of drug-likeness (QED) is 0.870. The highest BCUT2D eigenvalue weighted by molar-refractivity contribution is 5.19. The maximum absolute atomic E-state index is 12.9. The van der Waals surface area contributed by atoms with E-state index in [2.05, 4.69) is 22.3 Å². The van der Waals surface area contributed by atoms with E-state index in [-0.39, 0.29) is 11.9 Å². The summed E-state index contributed by atoms with van der Waals surface area (Å²) in [6, 6.07) is 6.70. The average molecular weight is 262 g/mol. The molecular formula is C14H19FN4. The Labute approximate surface area is 112 Å². The van der Waals surface area contributed by atoms with Crippen LogP contribution in [0.4, 0.5) is 4.39 Å². The standard InChI is InChI=1S/C14H19FN4/c1-3-8-19-14(17-10-18-19)9-16-11(2)12-4-6-13(15)7-5-12/h4-7,10-11,16H,3,8-9H2,1-2H3/t11-/m0/s1. The van der Waals surface area contributed by atoms with E-state index in [1.165, 1.54) is 12.1 Å². The molecular weight excluding hydrogens is 243 g/mol. The van der Waals surface area contributed by atoms with Crippen LogP contribution in [-0.4, -0.2) is 14.8 Å². The molecule has 0 spiro atoms. The van der Waals surface area contributed by atoms with E-state index in [1.807, 2.05) is 11.6 Å². The van der Waals surface area contributed by atoms with E-state index in [4.69, 9.17) is 0 Å². The Bertz CT molecular complexity index is 506. The van der Waals surface area contributed by atoms with Gasteiger partial charge in [-0.05, 0) is 31.0 Å². The van der Waals surface area contributed by atoms with Crippen molar-refractivity contribution in [3.63, 3.8) is 0 Å². The molecule has 1 N–H and O–H groups in total. The monoisotopic (exact) mass is 262 g/mol. The van der Waals surface area contributed by atoms with Crippen molar-refractivity contribution in [3.05, 3.63) is 47.8 Å². The van der Waals surface area contributed by atoms with E-state index in [0.717, 1.165) is 24.4 Å². The molecule has 0 aliphatic carbocycles. The first-order valence-electron chi connectivity index (χ1n) is 6.56. The van der Waals surface area contributed by atoms with Crippen LogP contribution in [0.2, 0.25) is 0 Å². The van der Waals surface area contributed by atoms with E-state index in [0.29, 0.717) is 6.54 Å². The second kappa shape index (κ2) is 6.43. The van der Waals surface area contributed by atoms with Crippen molar-refractivity contribution in [1.29, 1.82) is 0 Å². The summed E-state index contributed by atoms with van der Waals surface area (Å²) in [6.45, 7) is 5.69. The molecule has 2 aromatic rings. The van der Waals surface area contributed by atoms with Crippen molar-refractivity contribution in [2.75, 3.05) is 0 Å². The Hall–Kier alpha value is -1.75.